The van der Waals surface area contributed by atoms with E-state index in [1.54, 1.807) is 12.1 Å². The van der Waals surface area contributed by atoms with Gasteiger partial charge in [0, 0.05) is 23.7 Å². The van der Waals surface area contributed by atoms with Crippen LogP contribution < -0.4 is 5.73 Å². The van der Waals surface area contributed by atoms with Crippen LogP contribution in [0.15, 0.2) is 42.5 Å². The predicted octanol–water partition coefficient (Wildman–Crippen LogP) is 3.75. The van der Waals surface area contributed by atoms with Gasteiger partial charge in [-0.15, -0.1) is 0 Å². The Labute approximate surface area is 128 Å². The van der Waals surface area contributed by atoms with Crippen LogP contribution in [0.1, 0.15) is 17.2 Å². The second-order valence-electron chi connectivity index (χ2n) is 4.90. The lowest BCUT2D eigenvalue weighted by Gasteiger charge is -2.28. The van der Waals surface area contributed by atoms with Crippen molar-refractivity contribution in [2.24, 2.45) is 5.73 Å². The number of hydrogen-bond acceptors (Lipinski definition) is 2. The molecule has 0 aromatic heterocycles. The van der Waals surface area contributed by atoms with Gasteiger partial charge in [-0.05, 0) is 24.7 Å². The van der Waals surface area contributed by atoms with E-state index in [9.17, 15) is 8.78 Å². The van der Waals surface area contributed by atoms with Crippen LogP contribution in [0.5, 0.6) is 0 Å². The largest absolute Gasteiger partial charge is 0.329 e. The van der Waals surface area contributed by atoms with Crippen LogP contribution in [0.3, 0.4) is 0 Å². The van der Waals surface area contributed by atoms with Gasteiger partial charge in [0.05, 0.1) is 6.04 Å². The predicted molar refractivity (Wildman–Crippen MR) is 81.1 cm³/mol. The zero-order chi connectivity index (χ0) is 15.4. The molecule has 0 radical (unpaired) electrons. The molecule has 1 unspecified atom stereocenters. The molecule has 2 rings (SSSR count). The molecule has 5 heteroatoms. The van der Waals surface area contributed by atoms with Crippen LogP contribution in [0.4, 0.5) is 8.78 Å². The van der Waals surface area contributed by atoms with E-state index in [1.165, 1.54) is 6.07 Å². The molecular formula is C16H17ClF2N2. The molecule has 112 valence electrons. The minimum Gasteiger partial charge on any atom is -0.329 e. The molecule has 2 nitrogen and oxygen atoms in total. The lowest BCUT2D eigenvalue weighted by molar-refractivity contribution is 0.235. The summed E-state index contributed by atoms with van der Waals surface area (Å²) in [6.07, 6.45) is 0. The Morgan fingerprint density at radius 2 is 1.86 bits per heavy atom. The normalized spacial score (nSPS) is 12.7. The highest BCUT2D eigenvalue weighted by Crippen LogP contribution is 2.26. The van der Waals surface area contributed by atoms with E-state index in [0.29, 0.717) is 11.6 Å². The Bertz CT molecular complexity index is 619. The van der Waals surface area contributed by atoms with Gasteiger partial charge in [0.15, 0.2) is 11.6 Å². The maximum atomic E-state index is 13.9. The monoisotopic (exact) mass is 310 g/mol. The molecule has 0 aliphatic carbocycles. The molecule has 0 amide bonds. The summed E-state index contributed by atoms with van der Waals surface area (Å²) < 4.78 is 27.3. The van der Waals surface area contributed by atoms with Crippen molar-refractivity contribution in [3.8, 4) is 0 Å². The van der Waals surface area contributed by atoms with E-state index in [0.717, 1.165) is 11.6 Å². The van der Waals surface area contributed by atoms with Gasteiger partial charge in [-0.3, -0.25) is 4.90 Å². The Kier molecular flexibility index (Phi) is 5.28. The van der Waals surface area contributed by atoms with Crippen LogP contribution in [0.25, 0.3) is 0 Å². The van der Waals surface area contributed by atoms with Gasteiger partial charge in [-0.25, -0.2) is 8.78 Å². The molecule has 0 heterocycles. The summed E-state index contributed by atoms with van der Waals surface area (Å²) in [7, 11) is 1.81. The molecule has 2 aromatic rings. The van der Waals surface area contributed by atoms with Crippen molar-refractivity contribution in [1.29, 1.82) is 0 Å². The van der Waals surface area contributed by atoms with Gasteiger partial charge in [0.25, 0.3) is 0 Å². The van der Waals surface area contributed by atoms with Crippen molar-refractivity contribution in [3.05, 3.63) is 70.2 Å². The third kappa shape index (κ3) is 3.59. The van der Waals surface area contributed by atoms with Gasteiger partial charge >= 0.3 is 0 Å². The Morgan fingerprint density at radius 1 is 1.14 bits per heavy atom. The van der Waals surface area contributed by atoms with Gasteiger partial charge < -0.3 is 5.73 Å². The second-order valence-corrected chi connectivity index (χ2v) is 5.31. The number of nitrogens with zero attached hydrogens (tertiary/aromatic N) is 1. The highest BCUT2D eigenvalue weighted by molar-refractivity contribution is 6.31. The Hall–Kier alpha value is -1.49. The van der Waals surface area contributed by atoms with Crippen LogP contribution in [0.2, 0.25) is 5.02 Å². The molecule has 0 aliphatic heterocycles. The molecular weight excluding hydrogens is 294 g/mol. The van der Waals surface area contributed by atoms with Crippen LogP contribution >= 0.6 is 11.6 Å². The Balaban J connectivity index is 2.25. The average molecular weight is 311 g/mol. The molecule has 0 aliphatic rings. The third-order valence-corrected chi connectivity index (χ3v) is 3.84. The maximum absolute atomic E-state index is 13.9. The summed E-state index contributed by atoms with van der Waals surface area (Å²) in [5.74, 6) is -1.71. The lowest BCUT2D eigenvalue weighted by atomic mass is 10.0. The van der Waals surface area contributed by atoms with Gasteiger partial charge in [-0.2, -0.15) is 0 Å². The quantitative estimate of drug-likeness (QED) is 0.911. The maximum Gasteiger partial charge on any atom is 0.163 e. The number of benzene rings is 2. The summed E-state index contributed by atoms with van der Waals surface area (Å²) in [5.41, 5.74) is 6.92. The first kappa shape index (κ1) is 15.9. The molecule has 21 heavy (non-hydrogen) atoms. The highest BCUT2D eigenvalue weighted by atomic mass is 35.5. The van der Waals surface area contributed by atoms with Crippen molar-refractivity contribution < 1.29 is 8.78 Å². The summed E-state index contributed by atoms with van der Waals surface area (Å²) in [6.45, 7) is 0.679. The van der Waals surface area contributed by atoms with Crippen molar-refractivity contribution in [3.63, 3.8) is 0 Å². The van der Waals surface area contributed by atoms with E-state index in [2.05, 4.69) is 0 Å². The zero-order valence-electron chi connectivity index (χ0n) is 11.7. The van der Waals surface area contributed by atoms with Gasteiger partial charge in [-0.1, -0.05) is 41.9 Å². The zero-order valence-corrected chi connectivity index (χ0v) is 12.4. The highest BCUT2D eigenvalue weighted by Gasteiger charge is 2.21. The molecule has 0 saturated heterocycles. The standard InChI is InChI=1S/C16H17ClF2N2/c1-21(10-11-5-2-3-7-13(11)17)15(9-20)12-6-4-8-14(18)16(12)19/h2-8,15H,9-10,20H2,1H3. The fraction of sp³-hybridized carbons (Fsp3) is 0.250. The number of likely N-dealkylation sites (N-methyl/N-ethyl adjacent to an activating group) is 1. The number of nitrogens with two attached hydrogens (primary N) is 1. The first-order valence-corrected chi connectivity index (χ1v) is 7.00. The van der Waals surface area contributed by atoms with Crippen LogP contribution in [-0.4, -0.2) is 18.5 Å². The Morgan fingerprint density at radius 3 is 2.52 bits per heavy atom. The van der Waals surface area contributed by atoms with Crippen molar-refractivity contribution in [2.45, 2.75) is 12.6 Å². The third-order valence-electron chi connectivity index (χ3n) is 3.47. The van der Waals surface area contributed by atoms with E-state index in [-0.39, 0.29) is 12.1 Å². The minimum atomic E-state index is -0.864. The summed E-state index contributed by atoms with van der Waals surface area (Å²) in [6, 6.07) is 11.1. The molecule has 2 N–H and O–H groups in total. The first-order chi connectivity index (χ1) is 10.0. The van der Waals surface area contributed by atoms with Crippen LogP contribution in [0, 0.1) is 11.6 Å². The molecule has 0 bridgehead atoms. The fourth-order valence-electron chi connectivity index (χ4n) is 2.33. The van der Waals surface area contributed by atoms with E-state index in [4.69, 9.17) is 17.3 Å². The summed E-state index contributed by atoms with van der Waals surface area (Å²) >= 11 is 6.13. The van der Waals surface area contributed by atoms with E-state index in [1.807, 2.05) is 30.1 Å². The number of hydrogen-bond donors (Lipinski definition) is 1. The molecule has 0 spiro atoms. The molecule has 0 saturated carbocycles. The lowest BCUT2D eigenvalue weighted by Crippen LogP contribution is -2.31. The van der Waals surface area contributed by atoms with Crippen molar-refractivity contribution >= 4 is 11.6 Å². The van der Waals surface area contributed by atoms with Crippen molar-refractivity contribution in [1.82, 2.24) is 4.90 Å². The molecule has 2 aromatic carbocycles. The number of halogens is 3. The van der Waals surface area contributed by atoms with Crippen molar-refractivity contribution in [2.75, 3.05) is 13.6 Å². The first-order valence-electron chi connectivity index (χ1n) is 6.62. The second kappa shape index (κ2) is 6.98. The van der Waals surface area contributed by atoms with Crippen LogP contribution in [-0.2, 0) is 6.54 Å². The van der Waals surface area contributed by atoms with E-state index < -0.39 is 17.7 Å². The van der Waals surface area contributed by atoms with Gasteiger partial charge in [0.1, 0.15) is 0 Å². The SMILES string of the molecule is CN(Cc1ccccc1Cl)C(CN)c1cccc(F)c1F. The fourth-order valence-corrected chi connectivity index (χ4v) is 2.52. The summed E-state index contributed by atoms with van der Waals surface area (Å²) in [5, 5.41) is 0.639. The minimum absolute atomic E-state index is 0.182. The number of rotatable bonds is 5. The van der Waals surface area contributed by atoms with E-state index >= 15 is 0 Å². The molecule has 1 atom stereocenters. The van der Waals surface area contributed by atoms with Gasteiger partial charge in [0.2, 0.25) is 0 Å². The average Bonchev–Trinajstić information content (AvgIpc) is 2.47. The smallest absolute Gasteiger partial charge is 0.163 e. The topological polar surface area (TPSA) is 29.3 Å². The molecule has 0 fully saturated rings. The summed E-state index contributed by atoms with van der Waals surface area (Å²) in [4.78, 5) is 1.86.